The van der Waals surface area contributed by atoms with Crippen molar-refractivity contribution in [3.63, 3.8) is 0 Å². The van der Waals surface area contributed by atoms with E-state index in [9.17, 15) is 19.3 Å². The van der Waals surface area contributed by atoms with Gasteiger partial charge in [0.05, 0.1) is 16.2 Å². The van der Waals surface area contributed by atoms with Gasteiger partial charge in [0.1, 0.15) is 11.9 Å². The summed E-state index contributed by atoms with van der Waals surface area (Å²) in [7, 11) is 1.59. The zero-order valence-corrected chi connectivity index (χ0v) is 15.8. The zero-order chi connectivity index (χ0) is 19.6. The van der Waals surface area contributed by atoms with E-state index in [2.05, 4.69) is 17.6 Å². The Balaban J connectivity index is 1.91. The highest BCUT2D eigenvalue weighted by atomic mass is 19.1. The van der Waals surface area contributed by atoms with Gasteiger partial charge in [0.25, 0.3) is 11.6 Å². The number of carbonyl (C=O) groups excluding carboxylic acids is 1. The Hall–Kier alpha value is -2.38. The van der Waals surface area contributed by atoms with Crippen molar-refractivity contribution >= 4 is 23.0 Å². The van der Waals surface area contributed by atoms with E-state index in [4.69, 9.17) is 0 Å². The van der Waals surface area contributed by atoms with Gasteiger partial charge in [0.2, 0.25) is 0 Å². The SMILES string of the molecule is CNc1cc(N2CC[C@@H](F)C2)c(C(=O)NC2CCC(C)CC2)cc1[N+](=O)[O-]. The summed E-state index contributed by atoms with van der Waals surface area (Å²) in [5.74, 6) is 0.341. The molecular weight excluding hydrogens is 351 g/mol. The van der Waals surface area contributed by atoms with Crippen LogP contribution in [0.25, 0.3) is 0 Å². The largest absolute Gasteiger partial charge is 0.383 e. The zero-order valence-electron chi connectivity index (χ0n) is 15.8. The molecular formula is C19H27FN4O3. The van der Waals surface area contributed by atoms with Crippen LogP contribution in [-0.2, 0) is 0 Å². The molecule has 1 atom stereocenters. The fourth-order valence-electron chi connectivity index (χ4n) is 3.98. The Morgan fingerprint density at radius 2 is 1.96 bits per heavy atom. The average Bonchev–Trinajstić information content (AvgIpc) is 3.08. The molecule has 0 aromatic heterocycles. The van der Waals surface area contributed by atoms with Crippen molar-refractivity contribution in [2.45, 2.75) is 51.2 Å². The third kappa shape index (κ3) is 4.31. The van der Waals surface area contributed by atoms with Gasteiger partial charge in [0, 0.05) is 32.2 Å². The first-order chi connectivity index (χ1) is 12.9. The molecule has 1 aromatic rings. The minimum Gasteiger partial charge on any atom is -0.383 e. The first kappa shape index (κ1) is 19.4. The van der Waals surface area contributed by atoms with Crippen LogP contribution in [0.3, 0.4) is 0 Å². The molecule has 1 heterocycles. The van der Waals surface area contributed by atoms with Crippen molar-refractivity contribution in [1.82, 2.24) is 5.32 Å². The maximum Gasteiger partial charge on any atom is 0.293 e. The Bertz CT molecular complexity index is 719. The second kappa shape index (κ2) is 8.10. The van der Waals surface area contributed by atoms with Gasteiger partial charge in [-0.2, -0.15) is 0 Å². The number of hydrogen-bond acceptors (Lipinski definition) is 5. The molecule has 0 radical (unpaired) electrons. The van der Waals surface area contributed by atoms with Crippen LogP contribution in [-0.4, -0.2) is 43.2 Å². The molecule has 0 bridgehead atoms. The first-order valence-electron chi connectivity index (χ1n) is 9.59. The van der Waals surface area contributed by atoms with Crippen molar-refractivity contribution in [1.29, 1.82) is 0 Å². The molecule has 3 rings (SSSR count). The predicted molar refractivity (Wildman–Crippen MR) is 103 cm³/mol. The number of hydrogen-bond donors (Lipinski definition) is 2. The Morgan fingerprint density at radius 3 is 2.52 bits per heavy atom. The van der Waals surface area contributed by atoms with Crippen molar-refractivity contribution in [3.8, 4) is 0 Å². The number of carbonyl (C=O) groups is 1. The van der Waals surface area contributed by atoms with Crippen LogP contribution in [0.2, 0.25) is 0 Å². The van der Waals surface area contributed by atoms with E-state index in [1.165, 1.54) is 6.07 Å². The fourth-order valence-corrected chi connectivity index (χ4v) is 3.98. The van der Waals surface area contributed by atoms with E-state index in [0.29, 0.717) is 30.3 Å². The topological polar surface area (TPSA) is 87.5 Å². The summed E-state index contributed by atoms with van der Waals surface area (Å²) in [6, 6.07) is 2.98. The van der Waals surface area contributed by atoms with Crippen LogP contribution in [0.1, 0.15) is 49.4 Å². The van der Waals surface area contributed by atoms with E-state index in [-0.39, 0.29) is 29.7 Å². The molecule has 2 aliphatic rings. The average molecular weight is 378 g/mol. The van der Waals surface area contributed by atoms with Crippen LogP contribution < -0.4 is 15.5 Å². The maximum absolute atomic E-state index is 13.7. The molecule has 8 heteroatoms. The number of rotatable bonds is 5. The number of anilines is 2. The molecule has 2 N–H and O–H groups in total. The molecule has 1 aromatic carbocycles. The quantitative estimate of drug-likeness (QED) is 0.605. The van der Waals surface area contributed by atoms with Gasteiger partial charge < -0.3 is 15.5 Å². The molecule has 1 saturated carbocycles. The Kier molecular flexibility index (Phi) is 5.82. The minimum absolute atomic E-state index is 0.0806. The third-order valence-corrected chi connectivity index (χ3v) is 5.65. The molecule has 1 saturated heterocycles. The highest BCUT2D eigenvalue weighted by molar-refractivity contribution is 6.02. The molecule has 1 aliphatic carbocycles. The number of amides is 1. The lowest BCUT2D eigenvalue weighted by molar-refractivity contribution is -0.383. The molecule has 0 unspecified atom stereocenters. The van der Waals surface area contributed by atoms with Gasteiger partial charge in [-0.3, -0.25) is 14.9 Å². The normalized spacial score (nSPS) is 25.3. The summed E-state index contributed by atoms with van der Waals surface area (Å²) in [4.78, 5) is 25.7. The number of halogens is 1. The minimum atomic E-state index is -0.950. The number of nitro groups is 1. The Labute approximate surface area is 158 Å². The lowest BCUT2D eigenvalue weighted by atomic mass is 9.87. The van der Waals surface area contributed by atoms with Crippen LogP contribution in [0.4, 0.5) is 21.5 Å². The number of nitrogens with zero attached hydrogens (tertiary/aromatic N) is 2. The highest BCUT2D eigenvalue weighted by Crippen LogP contribution is 2.35. The number of benzene rings is 1. The summed E-state index contributed by atoms with van der Waals surface area (Å²) in [6.07, 6.45) is 3.39. The summed E-state index contributed by atoms with van der Waals surface area (Å²) >= 11 is 0. The van der Waals surface area contributed by atoms with Crippen LogP contribution in [0, 0.1) is 16.0 Å². The van der Waals surface area contributed by atoms with E-state index in [1.54, 1.807) is 18.0 Å². The standard InChI is InChI=1S/C19H27FN4O3/c1-12-3-5-14(6-4-12)22-19(25)15-9-18(24(26)27)16(21-2)10-17(15)23-8-7-13(20)11-23/h9-10,12-14,21H,3-8,11H2,1-2H3,(H,22,25)/t12?,13-,14?/m1/s1. The lowest BCUT2D eigenvalue weighted by Gasteiger charge is -2.28. The lowest BCUT2D eigenvalue weighted by Crippen LogP contribution is -2.38. The second-order valence-corrected chi connectivity index (χ2v) is 7.66. The fraction of sp³-hybridized carbons (Fsp3) is 0.632. The number of nitro benzene ring substituents is 1. The summed E-state index contributed by atoms with van der Waals surface area (Å²) in [5, 5.41) is 17.3. The van der Waals surface area contributed by atoms with Crippen molar-refractivity contribution in [2.75, 3.05) is 30.4 Å². The van der Waals surface area contributed by atoms with Gasteiger partial charge >= 0.3 is 0 Å². The van der Waals surface area contributed by atoms with Crippen LogP contribution >= 0.6 is 0 Å². The van der Waals surface area contributed by atoms with Gasteiger partial charge in [-0.05, 0) is 44.1 Å². The molecule has 7 nitrogen and oxygen atoms in total. The van der Waals surface area contributed by atoms with Crippen molar-refractivity contribution < 1.29 is 14.1 Å². The van der Waals surface area contributed by atoms with Gasteiger partial charge in [-0.1, -0.05) is 6.92 Å². The first-order valence-corrected chi connectivity index (χ1v) is 9.59. The monoisotopic (exact) mass is 378 g/mol. The van der Waals surface area contributed by atoms with Crippen LogP contribution in [0.15, 0.2) is 12.1 Å². The van der Waals surface area contributed by atoms with E-state index < -0.39 is 11.1 Å². The molecule has 1 aliphatic heterocycles. The van der Waals surface area contributed by atoms with E-state index in [1.807, 2.05) is 0 Å². The summed E-state index contributed by atoms with van der Waals surface area (Å²) in [5.41, 5.74) is 0.959. The Morgan fingerprint density at radius 1 is 1.26 bits per heavy atom. The molecule has 1 amide bonds. The molecule has 0 spiro atoms. The van der Waals surface area contributed by atoms with Crippen molar-refractivity contribution in [2.24, 2.45) is 5.92 Å². The summed E-state index contributed by atoms with van der Waals surface area (Å²) < 4.78 is 13.7. The third-order valence-electron chi connectivity index (χ3n) is 5.65. The number of alkyl halides is 1. The molecule has 2 fully saturated rings. The highest BCUT2D eigenvalue weighted by Gasteiger charge is 2.30. The maximum atomic E-state index is 13.7. The van der Waals surface area contributed by atoms with Gasteiger partial charge in [0.15, 0.2) is 0 Å². The molecule has 148 valence electrons. The van der Waals surface area contributed by atoms with E-state index >= 15 is 0 Å². The van der Waals surface area contributed by atoms with Crippen LogP contribution in [0.5, 0.6) is 0 Å². The molecule has 27 heavy (non-hydrogen) atoms. The van der Waals surface area contributed by atoms with Crippen molar-refractivity contribution in [3.05, 3.63) is 27.8 Å². The van der Waals surface area contributed by atoms with E-state index in [0.717, 1.165) is 25.7 Å². The smallest absolute Gasteiger partial charge is 0.293 e. The predicted octanol–water partition coefficient (Wildman–Crippen LogP) is 3.49. The summed E-state index contributed by atoms with van der Waals surface area (Å²) in [6.45, 7) is 2.89. The van der Waals surface area contributed by atoms with Gasteiger partial charge in [-0.15, -0.1) is 0 Å². The number of nitrogens with one attached hydrogen (secondary N) is 2. The second-order valence-electron chi connectivity index (χ2n) is 7.66. The van der Waals surface area contributed by atoms with Gasteiger partial charge in [-0.25, -0.2) is 4.39 Å².